The summed E-state index contributed by atoms with van der Waals surface area (Å²) in [7, 11) is 0. The molecular formula is C25H28N2O5. The van der Waals surface area contributed by atoms with E-state index in [-0.39, 0.29) is 19.2 Å². The number of nitrogens with zero attached hydrogens (tertiary/aromatic N) is 2. The first-order valence-electron chi connectivity index (χ1n) is 11.1. The highest BCUT2D eigenvalue weighted by Crippen LogP contribution is 2.30. The largest absolute Gasteiger partial charge is 0.480 e. The van der Waals surface area contributed by atoms with Gasteiger partial charge in [-0.1, -0.05) is 67.1 Å². The molecule has 7 heteroatoms. The number of ether oxygens (including phenoxy) is 1. The molecule has 0 aromatic heterocycles. The van der Waals surface area contributed by atoms with Crippen LogP contribution >= 0.6 is 0 Å². The Bertz CT molecular complexity index is 943. The second-order valence-electron chi connectivity index (χ2n) is 8.43. The van der Waals surface area contributed by atoms with E-state index in [1.54, 1.807) is 0 Å². The normalized spacial score (nSPS) is 21.6. The van der Waals surface area contributed by atoms with Crippen LogP contribution in [0.4, 0.5) is 4.79 Å². The lowest BCUT2D eigenvalue weighted by molar-refractivity contribution is -0.160. The molecule has 2 unspecified atom stereocenters. The lowest BCUT2D eigenvalue weighted by Crippen LogP contribution is -2.49. The van der Waals surface area contributed by atoms with E-state index in [1.165, 1.54) is 9.80 Å². The Morgan fingerprint density at radius 1 is 0.812 bits per heavy atom. The van der Waals surface area contributed by atoms with Crippen molar-refractivity contribution < 1.29 is 24.2 Å². The summed E-state index contributed by atoms with van der Waals surface area (Å²) in [6, 6.07) is 15.5. The van der Waals surface area contributed by atoms with E-state index in [2.05, 4.69) is 0 Å². The summed E-state index contributed by atoms with van der Waals surface area (Å²) >= 11 is 0. The van der Waals surface area contributed by atoms with Crippen LogP contribution in [0.2, 0.25) is 0 Å². The second-order valence-corrected chi connectivity index (χ2v) is 8.43. The average molecular weight is 437 g/mol. The lowest BCUT2D eigenvalue weighted by atomic mass is 9.97. The number of amides is 2. The van der Waals surface area contributed by atoms with Gasteiger partial charge in [0.25, 0.3) is 0 Å². The Hall–Kier alpha value is -3.35. The van der Waals surface area contributed by atoms with Crippen LogP contribution in [0.5, 0.6) is 0 Å². The van der Waals surface area contributed by atoms with E-state index in [0.29, 0.717) is 0 Å². The smallest absolute Gasteiger partial charge is 0.332 e. The van der Waals surface area contributed by atoms with Gasteiger partial charge in [0.1, 0.15) is 6.10 Å². The topological polar surface area (TPSA) is 87.1 Å². The van der Waals surface area contributed by atoms with Crippen molar-refractivity contribution in [2.75, 3.05) is 0 Å². The van der Waals surface area contributed by atoms with Gasteiger partial charge in [0.05, 0.1) is 0 Å². The summed E-state index contributed by atoms with van der Waals surface area (Å²) in [4.78, 5) is 41.6. The van der Waals surface area contributed by atoms with Crippen molar-refractivity contribution in [2.24, 2.45) is 0 Å². The predicted molar refractivity (Wildman–Crippen MR) is 118 cm³/mol. The average Bonchev–Trinajstić information content (AvgIpc) is 3.07. The molecule has 168 valence electrons. The number of carboxylic acids is 1. The van der Waals surface area contributed by atoms with Crippen molar-refractivity contribution in [2.45, 2.75) is 63.4 Å². The molecule has 0 bridgehead atoms. The van der Waals surface area contributed by atoms with Crippen LogP contribution in [-0.2, 0) is 27.4 Å². The molecule has 2 aliphatic rings. The molecule has 1 saturated carbocycles. The van der Waals surface area contributed by atoms with Crippen LogP contribution in [0, 0.1) is 0 Å². The van der Waals surface area contributed by atoms with Crippen molar-refractivity contribution in [3.05, 3.63) is 71.8 Å². The third-order valence-corrected chi connectivity index (χ3v) is 6.18. The first-order chi connectivity index (χ1) is 15.5. The Labute approximate surface area is 187 Å². The number of aliphatic carboxylic acids is 1. The zero-order valence-corrected chi connectivity index (χ0v) is 17.9. The summed E-state index contributed by atoms with van der Waals surface area (Å²) in [5, 5.41) is 10.1. The zero-order chi connectivity index (χ0) is 22.5. The molecule has 1 aliphatic heterocycles. The van der Waals surface area contributed by atoms with Gasteiger partial charge in [-0.2, -0.15) is 0 Å². The first-order valence-corrected chi connectivity index (χ1v) is 11.1. The molecule has 1 aliphatic carbocycles. The van der Waals surface area contributed by atoms with E-state index >= 15 is 0 Å². The quantitative estimate of drug-likeness (QED) is 0.667. The molecule has 1 N–H and O–H groups in total. The number of benzene rings is 2. The molecule has 2 aromatic carbocycles. The maximum absolute atomic E-state index is 13.4. The van der Waals surface area contributed by atoms with Gasteiger partial charge in [-0.15, -0.1) is 0 Å². The van der Waals surface area contributed by atoms with Gasteiger partial charge >= 0.3 is 18.0 Å². The summed E-state index contributed by atoms with van der Waals surface area (Å²) in [5.74, 6) is -1.85. The van der Waals surface area contributed by atoms with Crippen LogP contribution in [0.15, 0.2) is 60.7 Å². The molecule has 2 fully saturated rings. The number of urea groups is 1. The lowest BCUT2D eigenvalue weighted by Gasteiger charge is -2.28. The summed E-state index contributed by atoms with van der Waals surface area (Å²) in [5.41, 5.74) is 1.62. The van der Waals surface area contributed by atoms with Crippen molar-refractivity contribution >= 4 is 18.0 Å². The number of carbonyl (C=O) groups is 3. The number of hydrogen-bond donors (Lipinski definition) is 1. The fourth-order valence-electron chi connectivity index (χ4n) is 4.58. The molecule has 2 amide bonds. The Morgan fingerprint density at radius 2 is 1.31 bits per heavy atom. The molecule has 1 saturated heterocycles. The Balaban J connectivity index is 1.64. The minimum Gasteiger partial charge on any atom is -0.480 e. The molecule has 2 aromatic rings. The predicted octanol–water partition coefficient (Wildman–Crippen LogP) is 3.82. The first kappa shape index (κ1) is 21.9. The van der Waals surface area contributed by atoms with Crippen LogP contribution in [0.3, 0.4) is 0 Å². The summed E-state index contributed by atoms with van der Waals surface area (Å²) < 4.78 is 5.75. The monoisotopic (exact) mass is 436 g/mol. The molecule has 2 atom stereocenters. The maximum Gasteiger partial charge on any atom is 0.332 e. The van der Waals surface area contributed by atoms with Gasteiger partial charge in [-0.3, -0.25) is 0 Å². The molecule has 0 radical (unpaired) electrons. The minimum absolute atomic E-state index is 0.106. The van der Waals surface area contributed by atoms with E-state index < -0.39 is 30.1 Å². The molecule has 4 rings (SSSR count). The fraction of sp³-hybridized carbons (Fsp3) is 0.400. The summed E-state index contributed by atoms with van der Waals surface area (Å²) in [6.07, 6.45) is 4.41. The van der Waals surface area contributed by atoms with Crippen LogP contribution in [-0.4, -0.2) is 51.1 Å². The highest BCUT2D eigenvalue weighted by atomic mass is 16.5. The third kappa shape index (κ3) is 4.77. The standard InChI is InChI=1S/C25H28N2O5/c28-23(29)21-22(24(30)32-20-14-8-3-9-15-20)27(17-19-12-6-2-7-13-19)25(31)26(21)16-18-10-4-1-5-11-18/h1-2,4-7,10-13,20-22H,3,8-9,14-17H2,(H,28,29). The summed E-state index contributed by atoms with van der Waals surface area (Å²) in [6.45, 7) is 0.244. The van der Waals surface area contributed by atoms with Crippen molar-refractivity contribution in [1.29, 1.82) is 0 Å². The number of carbonyl (C=O) groups excluding carboxylic acids is 2. The van der Waals surface area contributed by atoms with Gasteiger partial charge in [0, 0.05) is 13.1 Å². The van der Waals surface area contributed by atoms with Gasteiger partial charge in [0.15, 0.2) is 12.1 Å². The van der Waals surface area contributed by atoms with Crippen LogP contribution < -0.4 is 0 Å². The second kappa shape index (κ2) is 9.85. The van der Waals surface area contributed by atoms with E-state index in [1.807, 2.05) is 60.7 Å². The highest BCUT2D eigenvalue weighted by Gasteiger charge is 2.54. The van der Waals surface area contributed by atoms with Gasteiger partial charge in [0.2, 0.25) is 0 Å². The van der Waals surface area contributed by atoms with Gasteiger partial charge in [-0.25, -0.2) is 14.4 Å². The highest BCUT2D eigenvalue weighted by molar-refractivity contribution is 5.96. The van der Waals surface area contributed by atoms with Gasteiger partial charge in [-0.05, 0) is 36.8 Å². The zero-order valence-electron chi connectivity index (χ0n) is 17.9. The molecule has 32 heavy (non-hydrogen) atoms. The SMILES string of the molecule is O=C(O)C1C(C(=O)OC2CCCCC2)N(Cc2ccccc2)C(=O)N1Cc1ccccc1. The van der Waals surface area contributed by atoms with Gasteiger partial charge < -0.3 is 19.6 Å². The van der Waals surface area contributed by atoms with Crippen molar-refractivity contribution in [1.82, 2.24) is 9.80 Å². The maximum atomic E-state index is 13.4. The molecule has 7 nitrogen and oxygen atoms in total. The molecular weight excluding hydrogens is 408 g/mol. The Kier molecular flexibility index (Phi) is 6.73. The van der Waals surface area contributed by atoms with E-state index in [9.17, 15) is 19.5 Å². The van der Waals surface area contributed by atoms with E-state index in [0.717, 1.165) is 43.2 Å². The Morgan fingerprint density at radius 3 is 1.81 bits per heavy atom. The van der Waals surface area contributed by atoms with Crippen molar-refractivity contribution in [3.8, 4) is 0 Å². The van der Waals surface area contributed by atoms with Crippen molar-refractivity contribution in [3.63, 3.8) is 0 Å². The number of rotatable bonds is 7. The third-order valence-electron chi connectivity index (χ3n) is 6.18. The van der Waals surface area contributed by atoms with Crippen LogP contribution in [0.25, 0.3) is 0 Å². The van der Waals surface area contributed by atoms with Crippen LogP contribution in [0.1, 0.15) is 43.2 Å². The molecule has 1 heterocycles. The fourth-order valence-corrected chi connectivity index (χ4v) is 4.58. The number of esters is 1. The minimum atomic E-state index is -1.32. The molecule has 0 spiro atoms. The van der Waals surface area contributed by atoms with E-state index in [4.69, 9.17) is 4.74 Å². The number of hydrogen-bond acceptors (Lipinski definition) is 4. The number of carboxylic acid groups (broad SMARTS) is 1.